The van der Waals surface area contributed by atoms with Gasteiger partial charge in [0.2, 0.25) is 14.2 Å². The van der Waals surface area contributed by atoms with Gasteiger partial charge in [0, 0.05) is 0 Å². The van der Waals surface area contributed by atoms with Crippen molar-refractivity contribution in [2.75, 3.05) is 19.0 Å². The lowest BCUT2D eigenvalue weighted by molar-refractivity contribution is -0.142. The van der Waals surface area contributed by atoms with Gasteiger partial charge in [0.15, 0.2) is 10.3 Å². The average molecular weight is 627 g/mol. The number of hydrogen-bond acceptors (Lipinski definition) is 9. The molecule has 226 valence electrons. The minimum absolute atomic E-state index is 0.0277. The molecule has 0 spiro atoms. The second-order valence-corrected chi connectivity index (χ2v) is 17.9. The number of esters is 1. The summed E-state index contributed by atoms with van der Waals surface area (Å²) < 4.78 is 16.2. The summed E-state index contributed by atoms with van der Waals surface area (Å²) in [4.78, 5) is 53.8. The third-order valence-corrected chi connectivity index (χ3v) is 11.8. The van der Waals surface area contributed by atoms with Crippen LogP contribution in [0, 0.1) is 0 Å². The Balaban J connectivity index is 2.05. The van der Waals surface area contributed by atoms with Crippen molar-refractivity contribution < 1.29 is 33.1 Å². The molecule has 0 aliphatic carbocycles. The van der Waals surface area contributed by atoms with E-state index in [1.165, 1.54) is 0 Å². The van der Waals surface area contributed by atoms with Gasteiger partial charge in [0.1, 0.15) is 22.3 Å². The molecule has 41 heavy (non-hydrogen) atoms. The number of amides is 3. The van der Waals surface area contributed by atoms with Gasteiger partial charge in [-0.1, -0.05) is 55.8 Å². The number of methoxy groups -OCH3 is 1. The summed E-state index contributed by atoms with van der Waals surface area (Å²) in [6.07, 6.45) is -0.715. The number of thiazole rings is 1. The van der Waals surface area contributed by atoms with Crippen LogP contribution >= 0.6 is 22.9 Å². The van der Waals surface area contributed by atoms with E-state index in [0.29, 0.717) is 5.75 Å². The van der Waals surface area contributed by atoms with E-state index in [1.54, 1.807) is 20.8 Å². The van der Waals surface area contributed by atoms with Crippen LogP contribution in [0.5, 0.6) is 5.75 Å². The quantitative estimate of drug-likeness (QED) is 0.242. The first-order chi connectivity index (χ1) is 18.8. The van der Waals surface area contributed by atoms with Gasteiger partial charge < -0.3 is 29.9 Å². The standard InChI is InChI=1S/C27H39ClN4O7SSi/c1-26(2,3)38-25(36)29-15-18(23(35)37-7)30-22(34)20-21(28)32-24(40-20)31-19(33)14-16-11-10-12-17(13-16)39-41(8,9)27(4,5)6/h10-13,18H,14-15H2,1-9H3,(H,29,36)(H,30,34)(H,31,32,33)/t18-/m0/s1. The Hall–Kier alpha value is -3.16. The molecule has 3 amide bonds. The van der Waals surface area contributed by atoms with Gasteiger partial charge in [0.05, 0.1) is 20.1 Å². The summed E-state index contributed by atoms with van der Waals surface area (Å²) in [6.45, 7) is 15.5. The molecule has 11 nitrogen and oxygen atoms in total. The van der Waals surface area contributed by atoms with Crippen molar-refractivity contribution >= 4 is 60.3 Å². The lowest BCUT2D eigenvalue weighted by Gasteiger charge is -2.36. The van der Waals surface area contributed by atoms with Gasteiger partial charge in [-0.2, -0.15) is 0 Å². The number of carbonyl (C=O) groups is 4. The van der Waals surface area contributed by atoms with E-state index in [0.717, 1.165) is 24.0 Å². The largest absolute Gasteiger partial charge is 0.543 e. The van der Waals surface area contributed by atoms with Gasteiger partial charge in [-0.15, -0.1) is 0 Å². The molecule has 14 heteroatoms. The zero-order chi connectivity index (χ0) is 31.2. The third-order valence-electron chi connectivity index (χ3n) is 6.12. The van der Waals surface area contributed by atoms with E-state index in [-0.39, 0.29) is 39.1 Å². The highest BCUT2D eigenvalue weighted by atomic mass is 35.5. The topological polar surface area (TPSA) is 145 Å². The number of alkyl carbamates (subject to hydrolysis) is 1. The van der Waals surface area contributed by atoms with Crippen LogP contribution in [0.3, 0.4) is 0 Å². The molecule has 1 aromatic carbocycles. The number of nitrogens with one attached hydrogen (secondary N) is 3. The van der Waals surface area contributed by atoms with E-state index in [4.69, 9.17) is 25.5 Å². The maximum atomic E-state index is 12.9. The Morgan fingerprint density at radius 1 is 1.10 bits per heavy atom. The molecule has 1 aromatic heterocycles. The molecule has 0 unspecified atom stereocenters. The number of ether oxygens (including phenoxy) is 2. The Kier molecular flexibility index (Phi) is 11.3. The number of nitrogens with zero attached hydrogens (tertiary/aromatic N) is 1. The summed E-state index contributed by atoms with van der Waals surface area (Å²) in [5.74, 6) is -1.17. The molecule has 0 saturated heterocycles. The molecule has 3 N–H and O–H groups in total. The van der Waals surface area contributed by atoms with Crippen molar-refractivity contribution in [3.05, 3.63) is 39.9 Å². The van der Waals surface area contributed by atoms with E-state index < -0.39 is 37.9 Å². The van der Waals surface area contributed by atoms with Crippen LogP contribution in [-0.2, 0) is 25.5 Å². The summed E-state index contributed by atoms with van der Waals surface area (Å²) in [7, 11) is -0.893. The molecule has 0 aliphatic heterocycles. The van der Waals surface area contributed by atoms with Crippen molar-refractivity contribution in [1.29, 1.82) is 0 Å². The second-order valence-electron chi connectivity index (χ2n) is 11.8. The minimum atomic E-state index is -2.04. The van der Waals surface area contributed by atoms with Crippen LogP contribution in [-0.4, -0.2) is 62.5 Å². The Morgan fingerprint density at radius 3 is 2.34 bits per heavy atom. The minimum Gasteiger partial charge on any atom is -0.543 e. The average Bonchev–Trinajstić information content (AvgIpc) is 3.18. The first-order valence-electron chi connectivity index (χ1n) is 12.9. The summed E-state index contributed by atoms with van der Waals surface area (Å²) in [5, 5.41) is 7.52. The lowest BCUT2D eigenvalue weighted by Crippen LogP contribution is -2.49. The molecule has 0 radical (unpaired) electrons. The van der Waals surface area contributed by atoms with Crippen molar-refractivity contribution in [3.63, 3.8) is 0 Å². The first kappa shape index (κ1) is 34.0. The molecule has 2 aromatic rings. The first-order valence-corrected chi connectivity index (χ1v) is 17.0. The van der Waals surface area contributed by atoms with Crippen molar-refractivity contribution in [2.24, 2.45) is 0 Å². The summed E-state index contributed by atoms with van der Waals surface area (Å²) >= 11 is 7.01. The van der Waals surface area contributed by atoms with E-state index in [9.17, 15) is 19.2 Å². The van der Waals surface area contributed by atoms with Crippen LogP contribution in [0.15, 0.2) is 24.3 Å². The van der Waals surface area contributed by atoms with Gasteiger partial charge >= 0.3 is 12.1 Å². The second kappa shape index (κ2) is 13.7. The van der Waals surface area contributed by atoms with Crippen LogP contribution in [0.1, 0.15) is 56.8 Å². The molecule has 2 rings (SSSR count). The summed E-state index contributed by atoms with van der Waals surface area (Å²) in [6, 6.07) is 6.15. The maximum Gasteiger partial charge on any atom is 0.407 e. The summed E-state index contributed by atoms with van der Waals surface area (Å²) in [5.41, 5.74) is 0.00425. The molecular formula is C27H39ClN4O7SSi. The molecule has 0 fully saturated rings. The molecule has 0 aliphatic rings. The lowest BCUT2D eigenvalue weighted by atomic mass is 10.1. The van der Waals surface area contributed by atoms with Crippen molar-refractivity contribution in [2.45, 2.75) is 77.7 Å². The predicted octanol–water partition coefficient (Wildman–Crippen LogP) is 5.16. The Bertz CT molecular complexity index is 1270. The van der Waals surface area contributed by atoms with Gasteiger partial charge in [-0.3, -0.25) is 9.59 Å². The van der Waals surface area contributed by atoms with E-state index >= 15 is 0 Å². The van der Waals surface area contributed by atoms with Gasteiger partial charge in [-0.05, 0) is 56.6 Å². The van der Waals surface area contributed by atoms with E-state index in [2.05, 4.69) is 54.8 Å². The van der Waals surface area contributed by atoms with Gasteiger partial charge in [0.25, 0.3) is 5.91 Å². The van der Waals surface area contributed by atoms with Crippen LogP contribution < -0.4 is 20.4 Å². The third kappa shape index (κ3) is 10.6. The van der Waals surface area contributed by atoms with Crippen molar-refractivity contribution in [3.8, 4) is 5.75 Å². The van der Waals surface area contributed by atoms with Gasteiger partial charge in [-0.25, -0.2) is 14.6 Å². The zero-order valence-electron chi connectivity index (χ0n) is 24.9. The number of hydrogen-bond donors (Lipinski definition) is 3. The fraction of sp³-hybridized carbons (Fsp3) is 0.519. The Labute approximate surface area is 250 Å². The highest BCUT2D eigenvalue weighted by Crippen LogP contribution is 2.37. The van der Waals surface area contributed by atoms with E-state index in [1.807, 2.05) is 24.3 Å². The molecular weight excluding hydrogens is 588 g/mol. The number of carbonyl (C=O) groups excluding carboxylic acids is 4. The number of benzene rings is 1. The SMILES string of the molecule is COC(=O)[C@H](CNC(=O)OC(C)(C)C)NC(=O)c1sc(NC(=O)Cc2cccc(O[Si](C)(C)C(C)(C)C)c2)nc1Cl. The highest BCUT2D eigenvalue weighted by Gasteiger charge is 2.39. The monoisotopic (exact) mass is 626 g/mol. The smallest absolute Gasteiger partial charge is 0.407 e. The number of halogens is 1. The molecule has 0 bridgehead atoms. The molecule has 0 saturated carbocycles. The fourth-order valence-electron chi connectivity index (χ4n) is 3.07. The molecule has 1 atom stereocenters. The zero-order valence-corrected chi connectivity index (χ0v) is 27.5. The van der Waals surface area contributed by atoms with Crippen LogP contribution in [0.25, 0.3) is 0 Å². The van der Waals surface area contributed by atoms with Crippen LogP contribution in [0.2, 0.25) is 23.3 Å². The van der Waals surface area contributed by atoms with Crippen LogP contribution in [0.4, 0.5) is 9.93 Å². The highest BCUT2D eigenvalue weighted by molar-refractivity contribution is 7.18. The predicted molar refractivity (Wildman–Crippen MR) is 161 cm³/mol. The Morgan fingerprint density at radius 2 is 1.76 bits per heavy atom. The number of rotatable bonds is 10. The fourth-order valence-corrected chi connectivity index (χ4v) is 5.20. The van der Waals surface area contributed by atoms with Crippen molar-refractivity contribution in [1.82, 2.24) is 15.6 Å². The maximum absolute atomic E-state index is 12.9. The number of anilines is 1. The molecule has 1 heterocycles. The normalized spacial score (nSPS) is 12.6. The number of aromatic nitrogens is 1.